The maximum atomic E-state index is 12.5. The maximum Gasteiger partial charge on any atom is 0.238 e. The van der Waals surface area contributed by atoms with Gasteiger partial charge in [0.25, 0.3) is 0 Å². The number of likely N-dealkylation sites (N-methyl/N-ethyl adjacent to an activating group) is 1. The number of anilines is 1. The molecule has 27 heavy (non-hydrogen) atoms. The molecule has 0 saturated carbocycles. The van der Waals surface area contributed by atoms with E-state index in [1.54, 1.807) is 4.90 Å². The van der Waals surface area contributed by atoms with Crippen molar-refractivity contribution in [1.82, 2.24) is 20.0 Å². The Balaban J connectivity index is 2.05. The van der Waals surface area contributed by atoms with Gasteiger partial charge in [0, 0.05) is 6.04 Å². The summed E-state index contributed by atoms with van der Waals surface area (Å²) in [5.74, 6) is -0.239. The molecular weight excluding hydrogens is 342 g/mol. The molecule has 146 valence electrons. The fourth-order valence-corrected chi connectivity index (χ4v) is 2.88. The summed E-state index contributed by atoms with van der Waals surface area (Å²) in [7, 11) is 0. The molecule has 2 amide bonds. The van der Waals surface area contributed by atoms with Crippen LogP contribution in [0.15, 0.2) is 30.3 Å². The molecule has 7 heteroatoms. The Labute approximate surface area is 160 Å². The Morgan fingerprint density at radius 3 is 2.33 bits per heavy atom. The minimum atomic E-state index is -0.159. The second-order valence-electron chi connectivity index (χ2n) is 6.87. The molecule has 2 rings (SSSR count). The van der Waals surface area contributed by atoms with Gasteiger partial charge >= 0.3 is 0 Å². The van der Waals surface area contributed by atoms with Gasteiger partial charge in [-0.3, -0.25) is 14.5 Å². The smallest absolute Gasteiger partial charge is 0.238 e. The Kier molecular flexibility index (Phi) is 7.12. The number of aryl methyl sites for hydroxylation is 1. The van der Waals surface area contributed by atoms with Crippen molar-refractivity contribution in [1.29, 1.82) is 0 Å². The predicted octanol–water partition coefficient (Wildman–Crippen LogP) is 2.27. The van der Waals surface area contributed by atoms with E-state index in [1.807, 2.05) is 69.6 Å². The van der Waals surface area contributed by atoms with Crippen molar-refractivity contribution in [2.75, 3.05) is 25.0 Å². The monoisotopic (exact) mass is 371 g/mol. The van der Waals surface area contributed by atoms with E-state index >= 15 is 0 Å². The lowest BCUT2D eigenvalue weighted by Gasteiger charge is -2.20. The summed E-state index contributed by atoms with van der Waals surface area (Å²) in [5, 5.41) is 10.3. The summed E-state index contributed by atoms with van der Waals surface area (Å²) in [6, 6.07) is 9.87. The van der Waals surface area contributed by atoms with Gasteiger partial charge in [-0.05, 0) is 46.4 Å². The van der Waals surface area contributed by atoms with E-state index < -0.39 is 0 Å². The number of nitrogens with zero attached hydrogens (tertiary/aromatic N) is 3. The average molecular weight is 371 g/mol. The van der Waals surface area contributed by atoms with Crippen LogP contribution in [-0.2, 0) is 9.59 Å². The van der Waals surface area contributed by atoms with Crippen LogP contribution in [0.3, 0.4) is 0 Å². The topological polar surface area (TPSA) is 79.3 Å². The maximum absolute atomic E-state index is 12.5. The molecule has 0 unspecified atom stereocenters. The van der Waals surface area contributed by atoms with E-state index in [0.29, 0.717) is 12.2 Å². The van der Waals surface area contributed by atoms with Crippen LogP contribution in [0.4, 0.5) is 5.69 Å². The number of nitrogens with one attached hydrogen (secondary N) is 2. The van der Waals surface area contributed by atoms with E-state index in [1.165, 1.54) is 0 Å². The fourth-order valence-electron chi connectivity index (χ4n) is 2.88. The van der Waals surface area contributed by atoms with Crippen LogP contribution in [0, 0.1) is 13.8 Å². The van der Waals surface area contributed by atoms with Crippen LogP contribution in [-0.4, -0.2) is 52.2 Å². The molecule has 0 aliphatic heterocycles. The first-order valence-corrected chi connectivity index (χ1v) is 9.25. The zero-order valence-electron chi connectivity index (χ0n) is 16.7. The summed E-state index contributed by atoms with van der Waals surface area (Å²) in [6.07, 6.45) is 0. The number of hydrogen-bond donors (Lipinski definition) is 2. The minimum Gasteiger partial charge on any atom is -0.353 e. The first-order valence-electron chi connectivity index (χ1n) is 9.25. The highest BCUT2D eigenvalue weighted by atomic mass is 16.2. The van der Waals surface area contributed by atoms with E-state index in [4.69, 9.17) is 0 Å². The van der Waals surface area contributed by atoms with Crippen LogP contribution in [0.1, 0.15) is 32.2 Å². The SMILES string of the molecule is CCN(CC(=O)Nc1c(C)nn(-c2ccccc2)c1C)CC(=O)NC(C)C. The van der Waals surface area contributed by atoms with Gasteiger partial charge in [0.05, 0.1) is 35.9 Å². The molecule has 0 bridgehead atoms. The molecular formula is C20H29N5O2. The van der Waals surface area contributed by atoms with Crippen LogP contribution in [0.5, 0.6) is 0 Å². The highest BCUT2D eigenvalue weighted by molar-refractivity contribution is 5.93. The number of hydrogen-bond acceptors (Lipinski definition) is 4. The Bertz CT molecular complexity index is 783. The van der Waals surface area contributed by atoms with Gasteiger partial charge < -0.3 is 10.6 Å². The first-order chi connectivity index (χ1) is 12.8. The number of carbonyl (C=O) groups excluding carboxylic acids is 2. The number of rotatable bonds is 8. The van der Waals surface area contributed by atoms with E-state index in [2.05, 4.69) is 15.7 Å². The van der Waals surface area contributed by atoms with Crippen molar-refractivity contribution in [3.63, 3.8) is 0 Å². The third kappa shape index (κ3) is 5.65. The lowest BCUT2D eigenvalue weighted by atomic mass is 10.3. The van der Waals surface area contributed by atoms with Gasteiger partial charge in [-0.25, -0.2) is 4.68 Å². The van der Waals surface area contributed by atoms with Crippen LogP contribution in [0.25, 0.3) is 5.69 Å². The molecule has 1 aromatic heterocycles. The van der Waals surface area contributed by atoms with Crippen molar-refractivity contribution < 1.29 is 9.59 Å². The van der Waals surface area contributed by atoms with Gasteiger partial charge in [-0.1, -0.05) is 25.1 Å². The van der Waals surface area contributed by atoms with Crippen LogP contribution in [0.2, 0.25) is 0 Å². The van der Waals surface area contributed by atoms with Crippen LogP contribution < -0.4 is 10.6 Å². The number of para-hydroxylation sites is 1. The summed E-state index contributed by atoms with van der Waals surface area (Å²) in [5.41, 5.74) is 3.28. The lowest BCUT2D eigenvalue weighted by Crippen LogP contribution is -2.42. The zero-order valence-corrected chi connectivity index (χ0v) is 16.7. The largest absolute Gasteiger partial charge is 0.353 e. The highest BCUT2D eigenvalue weighted by Crippen LogP contribution is 2.22. The molecule has 0 aliphatic rings. The molecule has 0 aliphatic carbocycles. The van der Waals surface area contributed by atoms with Crippen molar-refractivity contribution in [3.8, 4) is 5.69 Å². The summed E-state index contributed by atoms with van der Waals surface area (Å²) >= 11 is 0. The molecule has 0 spiro atoms. The zero-order chi connectivity index (χ0) is 20.0. The number of benzene rings is 1. The molecule has 0 fully saturated rings. The van der Waals surface area contributed by atoms with Gasteiger partial charge in [0.1, 0.15) is 0 Å². The van der Waals surface area contributed by atoms with Crippen molar-refractivity contribution in [2.24, 2.45) is 0 Å². The third-order valence-corrected chi connectivity index (χ3v) is 4.19. The molecule has 0 atom stereocenters. The Hall–Kier alpha value is -2.67. The second kappa shape index (κ2) is 9.32. The predicted molar refractivity (Wildman–Crippen MR) is 107 cm³/mol. The molecule has 0 radical (unpaired) electrons. The fraction of sp³-hybridized carbons (Fsp3) is 0.450. The van der Waals surface area contributed by atoms with Gasteiger partial charge in [-0.2, -0.15) is 5.10 Å². The standard InChI is InChI=1S/C20H29N5O2/c1-6-24(12-18(26)21-14(2)3)13-19(27)22-20-15(4)23-25(16(20)5)17-10-8-7-9-11-17/h7-11,14H,6,12-13H2,1-5H3,(H,21,26)(H,22,27). The molecule has 1 aromatic carbocycles. The quantitative estimate of drug-likeness (QED) is 0.746. The Morgan fingerprint density at radius 1 is 1.11 bits per heavy atom. The lowest BCUT2D eigenvalue weighted by molar-refractivity contribution is -0.123. The van der Waals surface area contributed by atoms with Crippen molar-refractivity contribution in [2.45, 2.75) is 40.7 Å². The summed E-state index contributed by atoms with van der Waals surface area (Å²) in [4.78, 5) is 26.3. The van der Waals surface area contributed by atoms with Crippen molar-refractivity contribution in [3.05, 3.63) is 41.7 Å². The van der Waals surface area contributed by atoms with E-state index in [9.17, 15) is 9.59 Å². The molecule has 0 saturated heterocycles. The minimum absolute atomic E-state index is 0.0797. The van der Waals surface area contributed by atoms with Gasteiger partial charge in [0.15, 0.2) is 0 Å². The number of carbonyl (C=O) groups is 2. The highest BCUT2D eigenvalue weighted by Gasteiger charge is 2.18. The summed E-state index contributed by atoms with van der Waals surface area (Å²) in [6.45, 7) is 10.5. The molecule has 7 nitrogen and oxygen atoms in total. The van der Waals surface area contributed by atoms with E-state index in [0.717, 1.165) is 17.1 Å². The van der Waals surface area contributed by atoms with Crippen molar-refractivity contribution >= 4 is 17.5 Å². The summed E-state index contributed by atoms with van der Waals surface area (Å²) < 4.78 is 1.82. The third-order valence-electron chi connectivity index (χ3n) is 4.19. The second-order valence-corrected chi connectivity index (χ2v) is 6.87. The Morgan fingerprint density at radius 2 is 1.74 bits per heavy atom. The molecule has 1 heterocycles. The van der Waals surface area contributed by atoms with Gasteiger partial charge in [-0.15, -0.1) is 0 Å². The first kappa shape index (κ1) is 20.6. The molecule has 2 N–H and O–H groups in total. The average Bonchev–Trinajstić information content (AvgIpc) is 2.89. The van der Waals surface area contributed by atoms with Crippen LogP contribution >= 0.6 is 0 Å². The van der Waals surface area contributed by atoms with E-state index in [-0.39, 0.29) is 30.9 Å². The number of aromatic nitrogens is 2. The number of amides is 2. The normalized spacial score (nSPS) is 11.1. The molecule has 2 aromatic rings. The van der Waals surface area contributed by atoms with Gasteiger partial charge in [0.2, 0.25) is 11.8 Å².